The Hall–Kier alpha value is -1.92. The number of likely N-dealkylation sites (N-methyl/N-ethyl adjacent to an activating group) is 1. The van der Waals surface area contributed by atoms with Crippen LogP contribution < -0.4 is 5.73 Å². The number of carbonyl (C=O) groups excluding carboxylic acids is 1. The molecule has 0 radical (unpaired) electrons. The molecule has 0 saturated carbocycles. The van der Waals surface area contributed by atoms with Gasteiger partial charge in [-0.15, -0.1) is 0 Å². The highest BCUT2D eigenvalue weighted by Crippen LogP contribution is 2.42. The number of hydrogen-bond acceptors (Lipinski definition) is 4. The Morgan fingerprint density at radius 1 is 1.24 bits per heavy atom. The lowest BCUT2D eigenvalue weighted by Crippen LogP contribution is -2.63. The molecule has 1 aromatic rings. The number of rotatable bonds is 4. The number of likely N-dealkylation sites (tertiary alicyclic amines) is 2. The van der Waals surface area contributed by atoms with Gasteiger partial charge in [-0.25, -0.2) is 0 Å². The van der Waals surface area contributed by atoms with Gasteiger partial charge in [0.25, 0.3) is 5.91 Å². The van der Waals surface area contributed by atoms with Crippen LogP contribution >= 0.6 is 0 Å². The SMILES string of the molecule is CN1CCC[C@]2(C(=O)O)CCN(C(=O)c3ccc(CCN)cc3)C[C@H]12. The largest absolute Gasteiger partial charge is 0.481 e. The van der Waals surface area contributed by atoms with Gasteiger partial charge in [-0.2, -0.15) is 0 Å². The molecular formula is C19H27N3O3. The molecule has 0 unspecified atom stereocenters. The van der Waals surface area contributed by atoms with Crippen molar-refractivity contribution in [1.82, 2.24) is 9.80 Å². The summed E-state index contributed by atoms with van der Waals surface area (Å²) in [4.78, 5) is 28.7. The van der Waals surface area contributed by atoms with Crippen molar-refractivity contribution in [3.8, 4) is 0 Å². The minimum atomic E-state index is -0.720. The van der Waals surface area contributed by atoms with Crippen molar-refractivity contribution >= 4 is 11.9 Å². The van der Waals surface area contributed by atoms with E-state index in [4.69, 9.17) is 5.73 Å². The third kappa shape index (κ3) is 3.28. The number of nitrogens with two attached hydrogens (primary N) is 1. The van der Waals surface area contributed by atoms with Gasteiger partial charge in [-0.3, -0.25) is 9.59 Å². The zero-order chi connectivity index (χ0) is 18.0. The first-order chi connectivity index (χ1) is 12.0. The molecule has 2 aliphatic heterocycles. The maximum Gasteiger partial charge on any atom is 0.311 e. The zero-order valence-corrected chi connectivity index (χ0v) is 14.8. The summed E-state index contributed by atoms with van der Waals surface area (Å²) in [5.74, 6) is -0.737. The van der Waals surface area contributed by atoms with Crippen molar-refractivity contribution in [3.05, 3.63) is 35.4 Å². The summed E-state index contributed by atoms with van der Waals surface area (Å²) in [5.41, 5.74) is 6.62. The van der Waals surface area contributed by atoms with Gasteiger partial charge < -0.3 is 20.6 Å². The Morgan fingerprint density at radius 2 is 1.96 bits per heavy atom. The Morgan fingerprint density at radius 3 is 2.60 bits per heavy atom. The third-order valence-corrected chi connectivity index (χ3v) is 5.87. The zero-order valence-electron chi connectivity index (χ0n) is 14.8. The Kier molecular flexibility index (Phi) is 5.11. The van der Waals surface area contributed by atoms with E-state index in [-0.39, 0.29) is 11.9 Å². The molecule has 1 aromatic carbocycles. The van der Waals surface area contributed by atoms with Gasteiger partial charge in [0.1, 0.15) is 0 Å². The summed E-state index contributed by atoms with van der Waals surface area (Å²) in [6.45, 7) is 2.45. The first kappa shape index (κ1) is 17.9. The van der Waals surface area contributed by atoms with Crippen molar-refractivity contribution < 1.29 is 14.7 Å². The van der Waals surface area contributed by atoms with Crippen LogP contribution in [-0.2, 0) is 11.2 Å². The van der Waals surface area contributed by atoms with Crippen LogP contribution in [0.15, 0.2) is 24.3 Å². The highest BCUT2D eigenvalue weighted by Gasteiger charge is 2.52. The number of aliphatic carboxylic acids is 1. The average Bonchev–Trinajstić information content (AvgIpc) is 2.62. The fourth-order valence-corrected chi connectivity index (χ4v) is 4.33. The highest BCUT2D eigenvalue weighted by molar-refractivity contribution is 5.94. The fourth-order valence-electron chi connectivity index (χ4n) is 4.33. The second kappa shape index (κ2) is 7.14. The molecule has 2 saturated heterocycles. The Bertz CT molecular complexity index is 646. The smallest absolute Gasteiger partial charge is 0.311 e. The number of piperidine rings is 2. The monoisotopic (exact) mass is 345 g/mol. The second-order valence-corrected chi connectivity index (χ2v) is 7.30. The Labute approximate surface area is 148 Å². The van der Waals surface area contributed by atoms with E-state index in [0.29, 0.717) is 38.0 Å². The predicted molar refractivity (Wildman–Crippen MR) is 95.4 cm³/mol. The number of carboxylic acid groups (broad SMARTS) is 1. The molecule has 1 amide bonds. The summed E-state index contributed by atoms with van der Waals surface area (Å²) in [5, 5.41) is 9.82. The lowest BCUT2D eigenvalue weighted by atomic mass is 9.68. The number of carboxylic acids is 1. The quantitative estimate of drug-likeness (QED) is 0.856. The van der Waals surface area contributed by atoms with Crippen molar-refractivity contribution in [2.75, 3.05) is 33.2 Å². The molecule has 2 aliphatic rings. The molecule has 3 N–H and O–H groups in total. The van der Waals surface area contributed by atoms with E-state index >= 15 is 0 Å². The van der Waals surface area contributed by atoms with E-state index in [1.54, 1.807) is 0 Å². The number of fused-ring (bicyclic) bond motifs is 1. The maximum absolute atomic E-state index is 12.9. The van der Waals surface area contributed by atoms with Crippen LogP contribution in [-0.4, -0.2) is 66.1 Å². The van der Waals surface area contributed by atoms with Gasteiger partial charge in [-0.05, 0) is 63.5 Å². The number of hydrogen-bond donors (Lipinski definition) is 2. The summed E-state index contributed by atoms with van der Waals surface area (Å²) in [7, 11) is 1.97. The second-order valence-electron chi connectivity index (χ2n) is 7.30. The van der Waals surface area contributed by atoms with Crippen LogP contribution in [0.5, 0.6) is 0 Å². The van der Waals surface area contributed by atoms with Crippen LogP contribution in [0.25, 0.3) is 0 Å². The van der Waals surface area contributed by atoms with Crippen molar-refractivity contribution in [3.63, 3.8) is 0 Å². The number of benzene rings is 1. The predicted octanol–water partition coefficient (Wildman–Crippen LogP) is 1.20. The van der Waals surface area contributed by atoms with Gasteiger partial charge in [0.05, 0.1) is 5.41 Å². The van der Waals surface area contributed by atoms with Crippen molar-refractivity contribution in [1.29, 1.82) is 0 Å². The molecule has 2 heterocycles. The van der Waals surface area contributed by atoms with Crippen LogP contribution in [0.2, 0.25) is 0 Å². The average molecular weight is 345 g/mol. The van der Waals surface area contributed by atoms with Crippen LogP contribution in [0.3, 0.4) is 0 Å². The highest BCUT2D eigenvalue weighted by atomic mass is 16.4. The molecular weight excluding hydrogens is 318 g/mol. The molecule has 6 nitrogen and oxygen atoms in total. The lowest BCUT2D eigenvalue weighted by molar-refractivity contribution is -0.161. The molecule has 0 spiro atoms. The molecule has 2 atom stereocenters. The van der Waals surface area contributed by atoms with Crippen LogP contribution in [0.4, 0.5) is 0 Å². The number of amides is 1. The summed E-state index contributed by atoms with van der Waals surface area (Å²) >= 11 is 0. The molecule has 0 bridgehead atoms. The Balaban J connectivity index is 1.76. The minimum Gasteiger partial charge on any atom is -0.481 e. The molecule has 6 heteroatoms. The van der Waals surface area contributed by atoms with Gasteiger partial charge in [0.2, 0.25) is 0 Å². The van der Waals surface area contributed by atoms with E-state index in [1.807, 2.05) is 36.2 Å². The number of nitrogens with zero attached hydrogens (tertiary/aromatic N) is 2. The van der Waals surface area contributed by atoms with Gasteiger partial charge in [0.15, 0.2) is 0 Å². The molecule has 0 aliphatic carbocycles. The topological polar surface area (TPSA) is 86.9 Å². The molecule has 3 rings (SSSR count). The third-order valence-electron chi connectivity index (χ3n) is 5.87. The van der Waals surface area contributed by atoms with E-state index in [1.165, 1.54) is 0 Å². The number of carbonyl (C=O) groups is 2. The van der Waals surface area contributed by atoms with Crippen LogP contribution in [0.1, 0.15) is 35.2 Å². The maximum atomic E-state index is 12.9. The fraction of sp³-hybridized carbons (Fsp3) is 0.579. The molecule has 136 valence electrons. The molecule has 25 heavy (non-hydrogen) atoms. The van der Waals surface area contributed by atoms with E-state index in [0.717, 1.165) is 24.9 Å². The first-order valence-corrected chi connectivity index (χ1v) is 9.00. The van der Waals surface area contributed by atoms with Gasteiger partial charge in [-0.1, -0.05) is 12.1 Å². The molecule has 0 aromatic heterocycles. The van der Waals surface area contributed by atoms with Crippen LogP contribution in [0, 0.1) is 5.41 Å². The molecule has 2 fully saturated rings. The first-order valence-electron chi connectivity index (χ1n) is 9.00. The van der Waals surface area contributed by atoms with Gasteiger partial charge >= 0.3 is 5.97 Å². The van der Waals surface area contributed by atoms with Gasteiger partial charge in [0, 0.05) is 24.7 Å². The summed E-state index contributed by atoms with van der Waals surface area (Å²) in [6, 6.07) is 7.46. The van der Waals surface area contributed by atoms with E-state index in [2.05, 4.69) is 4.90 Å². The van der Waals surface area contributed by atoms with E-state index < -0.39 is 11.4 Å². The van der Waals surface area contributed by atoms with E-state index in [9.17, 15) is 14.7 Å². The summed E-state index contributed by atoms with van der Waals surface area (Å²) in [6.07, 6.45) is 2.92. The standard InChI is InChI=1S/C19H27N3O3/c1-21-11-2-8-19(18(24)25)9-12-22(13-16(19)21)17(23)15-5-3-14(4-6-15)7-10-20/h3-6,16H,2,7-13,20H2,1H3,(H,24,25)/t16-,19-/m0/s1. The normalized spacial score (nSPS) is 27.0. The lowest BCUT2D eigenvalue weighted by Gasteiger charge is -2.51. The summed E-state index contributed by atoms with van der Waals surface area (Å²) < 4.78 is 0. The minimum absolute atomic E-state index is 0.0164. The van der Waals surface area contributed by atoms with Crippen molar-refractivity contribution in [2.45, 2.75) is 31.7 Å². The van der Waals surface area contributed by atoms with Crippen molar-refractivity contribution in [2.24, 2.45) is 11.1 Å².